The van der Waals surface area contributed by atoms with Gasteiger partial charge in [0, 0.05) is 17.5 Å². The molecule has 20 heavy (non-hydrogen) atoms. The van der Waals surface area contributed by atoms with Crippen LogP contribution in [0.2, 0.25) is 0 Å². The van der Waals surface area contributed by atoms with Crippen LogP contribution < -0.4 is 0 Å². The Bertz CT molecular complexity index is 784. The maximum atomic E-state index is 11.1. The minimum absolute atomic E-state index is 0.348. The zero-order chi connectivity index (χ0) is 14.3. The van der Waals surface area contributed by atoms with Gasteiger partial charge in [-0.2, -0.15) is 0 Å². The summed E-state index contributed by atoms with van der Waals surface area (Å²) in [7, 11) is 0. The number of aromatic nitrogens is 2. The van der Waals surface area contributed by atoms with E-state index in [2.05, 4.69) is 36.2 Å². The first-order valence-electron chi connectivity index (χ1n) is 6.41. The third-order valence-electron chi connectivity index (χ3n) is 3.41. The minimum atomic E-state index is -0.896. The molecule has 102 valence electrons. The summed E-state index contributed by atoms with van der Waals surface area (Å²) in [5, 5.41) is 9.10. The Balaban J connectivity index is 2.06. The first-order valence-corrected chi connectivity index (χ1v) is 7.23. The summed E-state index contributed by atoms with van der Waals surface area (Å²) in [6.45, 7) is 3.93. The number of hydrogen-bond donors (Lipinski definition) is 1. The van der Waals surface area contributed by atoms with Crippen molar-refractivity contribution >= 4 is 22.3 Å². The van der Waals surface area contributed by atoms with Crippen LogP contribution >= 0.6 is 11.3 Å². The lowest BCUT2D eigenvalue weighted by molar-refractivity contribution is 0.0701. The van der Waals surface area contributed by atoms with Crippen molar-refractivity contribution in [3.05, 3.63) is 46.6 Å². The highest BCUT2D eigenvalue weighted by Gasteiger charge is 2.16. The van der Waals surface area contributed by atoms with E-state index < -0.39 is 5.97 Å². The molecule has 0 unspecified atom stereocenters. The summed E-state index contributed by atoms with van der Waals surface area (Å²) >= 11 is 1.21. The highest BCUT2D eigenvalue weighted by atomic mass is 32.1. The van der Waals surface area contributed by atoms with E-state index in [4.69, 9.17) is 5.11 Å². The van der Waals surface area contributed by atoms with E-state index in [0.29, 0.717) is 4.88 Å². The highest BCUT2D eigenvalue weighted by molar-refractivity contribution is 7.19. The number of carbonyl (C=O) groups is 1. The molecule has 2 aromatic heterocycles. The second-order valence-electron chi connectivity index (χ2n) is 4.65. The van der Waals surface area contributed by atoms with E-state index in [0.717, 1.165) is 28.3 Å². The quantitative estimate of drug-likeness (QED) is 0.800. The van der Waals surface area contributed by atoms with E-state index in [1.54, 1.807) is 6.92 Å². The molecule has 0 aliphatic heterocycles. The van der Waals surface area contributed by atoms with Gasteiger partial charge in [-0.25, -0.2) is 9.78 Å². The maximum Gasteiger partial charge on any atom is 0.347 e. The maximum absolute atomic E-state index is 11.1. The molecule has 3 rings (SSSR count). The molecule has 5 heteroatoms. The molecular formula is C15H14N2O2S. The Labute approximate surface area is 120 Å². The molecule has 0 spiro atoms. The van der Waals surface area contributed by atoms with E-state index in [9.17, 15) is 4.79 Å². The van der Waals surface area contributed by atoms with Crippen molar-refractivity contribution in [1.29, 1.82) is 0 Å². The number of imidazole rings is 1. The molecule has 0 radical (unpaired) electrons. The third-order valence-corrected chi connectivity index (χ3v) is 4.55. The Morgan fingerprint density at radius 2 is 2.05 bits per heavy atom. The van der Waals surface area contributed by atoms with Crippen molar-refractivity contribution in [1.82, 2.24) is 9.38 Å². The van der Waals surface area contributed by atoms with E-state index in [1.807, 2.05) is 10.6 Å². The highest BCUT2D eigenvalue weighted by Crippen LogP contribution is 2.27. The van der Waals surface area contributed by atoms with Crippen molar-refractivity contribution in [3.8, 4) is 11.3 Å². The number of hydrogen-bond acceptors (Lipinski definition) is 3. The van der Waals surface area contributed by atoms with Gasteiger partial charge in [0.1, 0.15) is 4.88 Å². The van der Waals surface area contributed by atoms with Gasteiger partial charge in [0.05, 0.1) is 5.69 Å². The minimum Gasteiger partial charge on any atom is -0.477 e. The Hall–Kier alpha value is -2.14. The Morgan fingerprint density at radius 3 is 2.60 bits per heavy atom. The number of carboxylic acid groups (broad SMARTS) is 1. The fourth-order valence-corrected chi connectivity index (χ4v) is 3.15. The van der Waals surface area contributed by atoms with Gasteiger partial charge in [0.15, 0.2) is 4.96 Å². The number of nitrogens with zero attached hydrogens (tertiary/aromatic N) is 2. The standard InChI is InChI=1S/C15H14N2O2S/c1-3-10-4-6-11(7-5-10)12-8-17-9(2)13(14(18)19)20-15(17)16-12/h4-8H,3H2,1-2H3,(H,18,19). The van der Waals surface area contributed by atoms with Crippen LogP contribution in [0, 0.1) is 6.92 Å². The first kappa shape index (κ1) is 12.9. The number of thiazole rings is 1. The Morgan fingerprint density at radius 1 is 1.35 bits per heavy atom. The number of carboxylic acids is 1. The SMILES string of the molecule is CCc1ccc(-c2cn3c(C)c(C(=O)O)sc3n2)cc1. The van der Waals surface area contributed by atoms with Gasteiger partial charge in [-0.15, -0.1) is 0 Å². The molecule has 0 bridgehead atoms. The Kier molecular flexibility index (Phi) is 3.06. The summed E-state index contributed by atoms with van der Waals surface area (Å²) in [5.41, 5.74) is 3.94. The van der Waals surface area contributed by atoms with Crippen LogP contribution in [0.15, 0.2) is 30.5 Å². The van der Waals surface area contributed by atoms with Crippen LogP contribution in [0.1, 0.15) is 27.9 Å². The number of fused-ring (bicyclic) bond motifs is 1. The number of rotatable bonds is 3. The van der Waals surface area contributed by atoms with Gasteiger partial charge in [0.2, 0.25) is 0 Å². The average Bonchev–Trinajstić information content (AvgIpc) is 2.99. The van der Waals surface area contributed by atoms with Crippen molar-refractivity contribution in [3.63, 3.8) is 0 Å². The predicted molar refractivity (Wildman–Crippen MR) is 79.6 cm³/mol. The van der Waals surface area contributed by atoms with Crippen LogP contribution in [0.3, 0.4) is 0 Å². The van der Waals surface area contributed by atoms with Crippen molar-refractivity contribution in [2.45, 2.75) is 20.3 Å². The fourth-order valence-electron chi connectivity index (χ4n) is 2.20. The van der Waals surface area contributed by atoms with Gasteiger partial charge < -0.3 is 5.11 Å². The normalized spacial score (nSPS) is 11.1. The smallest absolute Gasteiger partial charge is 0.347 e. The zero-order valence-electron chi connectivity index (χ0n) is 11.3. The molecule has 2 heterocycles. The molecule has 1 aromatic carbocycles. The molecule has 0 aliphatic carbocycles. The topological polar surface area (TPSA) is 54.6 Å². The van der Waals surface area contributed by atoms with E-state index in [-0.39, 0.29) is 0 Å². The predicted octanol–water partition coefficient (Wildman–Crippen LogP) is 3.63. The molecule has 3 aromatic rings. The summed E-state index contributed by atoms with van der Waals surface area (Å²) in [5.74, 6) is -0.896. The van der Waals surface area contributed by atoms with Crippen LogP contribution in [0.25, 0.3) is 16.2 Å². The summed E-state index contributed by atoms with van der Waals surface area (Å²) in [4.78, 5) is 16.7. The lowest BCUT2D eigenvalue weighted by atomic mass is 10.1. The number of aryl methyl sites for hydroxylation is 2. The first-order chi connectivity index (χ1) is 9.60. The van der Waals surface area contributed by atoms with Crippen LogP contribution in [0.4, 0.5) is 0 Å². The van der Waals surface area contributed by atoms with Gasteiger partial charge in [-0.05, 0) is 18.9 Å². The van der Waals surface area contributed by atoms with E-state index in [1.165, 1.54) is 16.9 Å². The number of benzene rings is 1. The molecule has 0 atom stereocenters. The molecule has 1 N–H and O–H groups in total. The second kappa shape index (κ2) is 4.76. The lowest BCUT2D eigenvalue weighted by Gasteiger charge is -1.99. The molecule has 0 amide bonds. The molecule has 4 nitrogen and oxygen atoms in total. The molecule has 0 aliphatic rings. The van der Waals surface area contributed by atoms with Crippen LogP contribution in [-0.4, -0.2) is 20.5 Å². The zero-order valence-corrected chi connectivity index (χ0v) is 12.1. The number of aromatic carboxylic acids is 1. The van der Waals surface area contributed by atoms with Crippen molar-refractivity contribution in [2.75, 3.05) is 0 Å². The van der Waals surface area contributed by atoms with Crippen LogP contribution in [0.5, 0.6) is 0 Å². The largest absolute Gasteiger partial charge is 0.477 e. The average molecular weight is 286 g/mol. The lowest BCUT2D eigenvalue weighted by Crippen LogP contribution is -1.96. The molecular weight excluding hydrogens is 272 g/mol. The summed E-state index contributed by atoms with van der Waals surface area (Å²) < 4.78 is 1.84. The van der Waals surface area contributed by atoms with E-state index >= 15 is 0 Å². The molecule has 0 saturated heterocycles. The molecule has 0 saturated carbocycles. The molecule has 0 fully saturated rings. The fraction of sp³-hybridized carbons (Fsp3) is 0.200. The van der Waals surface area contributed by atoms with Gasteiger partial charge >= 0.3 is 5.97 Å². The third kappa shape index (κ3) is 2.00. The van der Waals surface area contributed by atoms with Gasteiger partial charge in [-0.1, -0.05) is 42.5 Å². The van der Waals surface area contributed by atoms with Gasteiger partial charge in [0.25, 0.3) is 0 Å². The van der Waals surface area contributed by atoms with Gasteiger partial charge in [-0.3, -0.25) is 4.40 Å². The monoisotopic (exact) mass is 286 g/mol. The summed E-state index contributed by atoms with van der Waals surface area (Å²) in [6, 6.07) is 8.30. The van der Waals surface area contributed by atoms with Crippen LogP contribution in [-0.2, 0) is 6.42 Å². The van der Waals surface area contributed by atoms with Crippen molar-refractivity contribution < 1.29 is 9.90 Å². The second-order valence-corrected chi connectivity index (χ2v) is 5.63. The van der Waals surface area contributed by atoms with Crippen molar-refractivity contribution in [2.24, 2.45) is 0 Å². The summed E-state index contributed by atoms with van der Waals surface area (Å²) in [6.07, 6.45) is 2.91.